The van der Waals surface area contributed by atoms with Crippen molar-refractivity contribution < 1.29 is 4.79 Å². The van der Waals surface area contributed by atoms with Crippen molar-refractivity contribution in [1.82, 2.24) is 10.2 Å². The molecule has 3 unspecified atom stereocenters. The molecule has 4 heteroatoms. The van der Waals surface area contributed by atoms with Gasteiger partial charge in [0.05, 0.1) is 6.04 Å². The summed E-state index contributed by atoms with van der Waals surface area (Å²) in [4.78, 5) is 14.3. The molecule has 0 saturated carbocycles. The van der Waals surface area contributed by atoms with E-state index in [1.165, 1.54) is 12.8 Å². The second kappa shape index (κ2) is 6.97. The Morgan fingerprint density at radius 3 is 2.76 bits per heavy atom. The summed E-state index contributed by atoms with van der Waals surface area (Å²) < 4.78 is 0. The van der Waals surface area contributed by atoms with Crippen LogP contribution in [0.5, 0.6) is 0 Å². The van der Waals surface area contributed by atoms with Gasteiger partial charge in [0.15, 0.2) is 0 Å². The molecule has 0 aromatic heterocycles. The van der Waals surface area contributed by atoms with Crippen LogP contribution in [0, 0.1) is 0 Å². The van der Waals surface area contributed by atoms with Crippen molar-refractivity contribution in [3.05, 3.63) is 0 Å². The zero-order valence-corrected chi connectivity index (χ0v) is 11.4. The van der Waals surface area contributed by atoms with Crippen LogP contribution in [0.15, 0.2) is 0 Å². The number of hydrogen-bond donors (Lipinski definition) is 2. The summed E-state index contributed by atoms with van der Waals surface area (Å²) in [7, 11) is 0. The average molecular weight is 241 g/mol. The fourth-order valence-electron chi connectivity index (χ4n) is 2.40. The van der Waals surface area contributed by atoms with Crippen molar-refractivity contribution in [3.63, 3.8) is 0 Å². The minimum Gasteiger partial charge on any atom is -0.352 e. The number of nitrogens with one attached hydrogen (secondary N) is 1. The summed E-state index contributed by atoms with van der Waals surface area (Å²) in [5.74, 6) is 0.139. The number of hydrogen-bond acceptors (Lipinski definition) is 3. The SMILES string of the molecule is CCC(C)NC(=O)C(C)N1CCCCC1CN. The fraction of sp³-hybridized carbons (Fsp3) is 0.923. The number of rotatable bonds is 5. The van der Waals surface area contributed by atoms with Crippen molar-refractivity contribution in [3.8, 4) is 0 Å². The summed E-state index contributed by atoms with van der Waals surface area (Å²) in [5.41, 5.74) is 5.79. The lowest BCUT2D eigenvalue weighted by Crippen LogP contribution is -2.54. The molecule has 0 aromatic carbocycles. The number of carbonyl (C=O) groups is 1. The molecule has 3 N–H and O–H groups in total. The predicted molar refractivity (Wildman–Crippen MR) is 70.8 cm³/mol. The van der Waals surface area contributed by atoms with E-state index in [2.05, 4.69) is 17.1 Å². The van der Waals surface area contributed by atoms with Crippen LogP contribution in [0.3, 0.4) is 0 Å². The van der Waals surface area contributed by atoms with Gasteiger partial charge in [-0.25, -0.2) is 0 Å². The minimum atomic E-state index is -0.0575. The van der Waals surface area contributed by atoms with Crippen LogP contribution >= 0.6 is 0 Å². The van der Waals surface area contributed by atoms with Crippen molar-refractivity contribution in [1.29, 1.82) is 0 Å². The number of nitrogens with zero attached hydrogens (tertiary/aromatic N) is 1. The first-order valence-corrected chi connectivity index (χ1v) is 6.86. The van der Waals surface area contributed by atoms with Crippen LogP contribution in [0.2, 0.25) is 0 Å². The van der Waals surface area contributed by atoms with E-state index in [0.717, 1.165) is 19.4 Å². The summed E-state index contributed by atoms with van der Waals surface area (Å²) in [6.07, 6.45) is 4.51. The third-order valence-electron chi connectivity index (χ3n) is 3.82. The van der Waals surface area contributed by atoms with E-state index < -0.39 is 0 Å². The van der Waals surface area contributed by atoms with Gasteiger partial charge in [-0.05, 0) is 39.7 Å². The van der Waals surface area contributed by atoms with E-state index in [-0.39, 0.29) is 18.0 Å². The third-order valence-corrected chi connectivity index (χ3v) is 3.82. The van der Waals surface area contributed by atoms with E-state index in [0.29, 0.717) is 12.6 Å². The summed E-state index contributed by atoms with van der Waals surface area (Å²) in [6, 6.07) is 0.574. The second-order valence-corrected chi connectivity index (χ2v) is 5.12. The molecule has 0 bridgehead atoms. The molecule has 17 heavy (non-hydrogen) atoms. The molecule has 3 atom stereocenters. The highest BCUT2D eigenvalue weighted by molar-refractivity contribution is 5.81. The zero-order valence-electron chi connectivity index (χ0n) is 11.4. The fourth-order valence-corrected chi connectivity index (χ4v) is 2.40. The normalized spacial score (nSPS) is 25.3. The van der Waals surface area contributed by atoms with E-state index in [4.69, 9.17) is 5.73 Å². The van der Waals surface area contributed by atoms with Gasteiger partial charge in [0, 0.05) is 18.6 Å². The number of nitrogens with two attached hydrogens (primary N) is 1. The van der Waals surface area contributed by atoms with Gasteiger partial charge < -0.3 is 11.1 Å². The Kier molecular flexibility index (Phi) is 5.92. The second-order valence-electron chi connectivity index (χ2n) is 5.12. The maximum Gasteiger partial charge on any atom is 0.237 e. The zero-order chi connectivity index (χ0) is 12.8. The van der Waals surface area contributed by atoms with Crippen LogP contribution < -0.4 is 11.1 Å². The summed E-state index contributed by atoms with van der Waals surface area (Å²) >= 11 is 0. The first kappa shape index (κ1) is 14.5. The Hall–Kier alpha value is -0.610. The largest absolute Gasteiger partial charge is 0.352 e. The van der Waals surface area contributed by atoms with E-state index >= 15 is 0 Å². The van der Waals surface area contributed by atoms with E-state index in [9.17, 15) is 4.79 Å². The molecule has 1 fully saturated rings. The molecule has 1 aliphatic rings. The van der Waals surface area contributed by atoms with Gasteiger partial charge in [-0.1, -0.05) is 13.3 Å². The van der Waals surface area contributed by atoms with Crippen LogP contribution in [0.4, 0.5) is 0 Å². The molecule has 1 heterocycles. The Balaban J connectivity index is 2.54. The number of amides is 1. The van der Waals surface area contributed by atoms with Crippen molar-refractivity contribution in [2.75, 3.05) is 13.1 Å². The van der Waals surface area contributed by atoms with Crippen molar-refractivity contribution >= 4 is 5.91 Å². The van der Waals surface area contributed by atoms with Crippen molar-refractivity contribution in [2.45, 2.75) is 64.6 Å². The Labute approximate surface area is 105 Å². The lowest BCUT2D eigenvalue weighted by Gasteiger charge is -2.38. The van der Waals surface area contributed by atoms with Crippen LogP contribution in [0.1, 0.15) is 46.5 Å². The monoisotopic (exact) mass is 241 g/mol. The topological polar surface area (TPSA) is 58.4 Å². The maximum absolute atomic E-state index is 12.1. The molecule has 4 nitrogen and oxygen atoms in total. The molecule has 0 radical (unpaired) electrons. The number of likely N-dealkylation sites (tertiary alicyclic amines) is 1. The molecular weight excluding hydrogens is 214 g/mol. The average Bonchev–Trinajstić information content (AvgIpc) is 2.37. The molecular formula is C13H27N3O. The lowest BCUT2D eigenvalue weighted by molar-refractivity contribution is -0.127. The van der Waals surface area contributed by atoms with Gasteiger partial charge in [-0.15, -0.1) is 0 Å². The molecule has 0 spiro atoms. The predicted octanol–water partition coefficient (Wildman–Crippen LogP) is 1.10. The van der Waals surface area contributed by atoms with Gasteiger partial charge in [0.25, 0.3) is 0 Å². The van der Waals surface area contributed by atoms with E-state index in [1.54, 1.807) is 0 Å². The minimum absolute atomic E-state index is 0.0575. The third kappa shape index (κ3) is 3.96. The van der Waals surface area contributed by atoms with Gasteiger partial charge in [-0.3, -0.25) is 9.69 Å². The highest BCUT2D eigenvalue weighted by Crippen LogP contribution is 2.18. The molecule has 0 aliphatic carbocycles. The molecule has 1 amide bonds. The number of carbonyl (C=O) groups excluding carboxylic acids is 1. The van der Waals surface area contributed by atoms with Gasteiger partial charge in [-0.2, -0.15) is 0 Å². The Morgan fingerprint density at radius 1 is 1.47 bits per heavy atom. The van der Waals surface area contributed by atoms with Gasteiger partial charge >= 0.3 is 0 Å². The van der Waals surface area contributed by atoms with Crippen LogP contribution in [-0.4, -0.2) is 42.0 Å². The molecule has 1 aliphatic heterocycles. The maximum atomic E-state index is 12.1. The smallest absolute Gasteiger partial charge is 0.237 e. The molecule has 1 rings (SSSR count). The summed E-state index contributed by atoms with van der Waals surface area (Å²) in [5, 5.41) is 3.05. The standard InChI is InChI=1S/C13H27N3O/c1-4-10(2)15-13(17)11(3)16-8-6-5-7-12(16)9-14/h10-12H,4-9,14H2,1-3H3,(H,15,17). The quantitative estimate of drug-likeness (QED) is 0.758. The van der Waals surface area contributed by atoms with Crippen LogP contribution in [-0.2, 0) is 4.79 Å². The van der Waals surface area contributed by atoms with Gasteiger partial charge in [0.1, 0.15) is 0 Å². The Morgan fingerprint density at radius 2 is 2.18 bits per heavy atom. The highest BCUT2D eigenvalue weighted by atomic mass is 16.2. The molecule has 1 saturated heterocycles. The summed E-state index contributed by atoms with van der Waals surface area (Å²) in [6.45, 7) is 7.77. The van der Waals surface area contributed by atoms with E-state index in [1.807, 2.05) is 13.8 Å². The first-order valence-electron chi connectivity index (χ1n) is 6.86. The first-order chi connectivity index (χ1) is 8.10. The number of piperidine rings is 1. The highest BCUT2D eigenvalue weighted by Gasteiger charge is 2.29. The van der Waals surface area contributed by atoms with Gasteiger partial charge in [0.2, 0.25) is 5.91 Å². The van der Waals surface area contributed by atoms with Crippen molar-refractivity contribution in [2.24, 2.45) is 5.73 Å². The van der Waals surface area contributed by atoms with Crippen LogP contribution in [0.25, 0.3) is 0 Å². The molecule has 0 aromatic rings. The Bertz CT molecular complexity index is 245. The molecule has 100 valence electrons. The lowest BCUT2D eigenvalue weighted by atomic mass is 10.00.